The summed E-state index contributed by atoms with van der Waals surface area (Å²) in [5.74, 6) is -0.632. The molecule has 1 aromatic carbocycles. The molecule has 94 valence electrons. The summed E-state index contributed by atoms with van der Waals surface area (Å²) in [6.07, 6.45) is 3.06. The van der Waals surface area contributed by atoms with Gasteiger partial charge in [0.1, 0.15) is 0 Å². The molecule has 0 radical (unpaired) electrons. The molecule has 0 aliphatic carbocycles. The number of hydrogen-bond acceptors (Lipinski definition) is 3. The summed E-state index contributed by atoms with van der Waals surface area (Å²) >= 11 is 5.84. The van der Waals surface area contributed by atoms with Crippen molar-refractivity contribution in [1.29, 1.82) is 0 Å². The molecular weight excluding hydrogens is 266 g/mol. The molecule has 2 heterocycles. The lowest BCUT2D eigenvalue weighted by atomic mass is 10.1. The Bertz CT molecular complexity index is 782. The number of nitrogens with zero attached hydrogens (tertiary/aromatic N) is 3. The first-order valence-electron chi connectivity index (χ1n) is 5.49. The van der Waals surface area contributed by atoms with E-state index >= 15 is 0 Å². The molecule has 1 N–H and O–H groups in total. The monoisotopic (exact) mass is 273 g/mol. The molecule has 0 unspecified atom stereocenters. The summed E-state index contributed by atoms with van der Waals surface area (Å²) in [7, 11) is 0. The minimum atomic E-state index is -1.08. The largest absolute Gasteiger partial charge is 0.477 e. The fraction of sp³-hybridized carbons (Fsp3) is 0. The molecular formula is C13H8ClN3O2. The van der Waals surface area contributed by atoms with Gasteiger partial charge < -0.3 is 5.11 Å². The van der Waals surface area contributed by atoms with Gasteiger partial charge in [-0.1, -0.05) is 35.9 Å². The zero-order chi connectivity index (χ0) is 13.4. The number of carboxylic acid groups (broad SMARTS) is 1. The number of aromatic carboxylic acids is 1. The van der Waals surface area contributed by atoms with E-state index in [-0.39, 0.29) is 5.69 Å². The highest BCUT2D eigenvalue weighted by molar-refractivity contribution is 6.30. The third-order valence-electron chi connectivity index (χ3n) is 2.71. The van der Waals surface area contributed by atoms with E-state index in [1.807, 2.05) is 24.3 Å². The van der Waals surface area contributed by atoms with Crippen LogP contribution in [0.3, 0.4) is 0 Å². The second kappa shape index (κ2) is 4.37. The number of fused-ring (bicyclic) bond motifs is 1. The van der Waals surface area contributed by atoms with E-state index < -0.39 is 5.97 Å². The lowest BCUT2D eigenvalue weighted by Gasteiger charge is -2.07. The second-order valence-corrected chi connectivity index (χ2v) is 4.40. The average Bonchev–Trinajstić information content (AvgIpc) is 2.84. The van der Waals surface area contributed by atoms with Crippen LogP contribution in [0.2, 0.25) is 5.02 Å². The van der Waals surface area contributed by atoms with Gasteiger partial charge in [-0.2, -0.15) is 5.10 Å². The molecule has 0 spiro atoms. The topological polar surface area (TPSA) is 68.0 Å². The third kappa shape index (κ3) is 2.04. The van der Waals surface area contributed by atoms with Crippen LogP contribution >= 0.6 is 11.6 Å². The van der Waals surface area contributed by atoms with Gasteiger partial charge in [0.2, 0.25) is 0 Å². The average molecular weight is 274 g/mol. The van der Waals surface area contributed by atoms with Gasteiger partial charge in [0.05, 0.1) is 17.4 Å². The minimum Gasteiger partial charge on any atom is -0.477 e. The van der Waals surface area contributed by atoms with Crippen molar-refractivity contribution in [2.45, 2.75) is 0 Å². The number of rotatable bonds is 2. The van der Waals surface area contributed by atoms with E-state index in [0.29, 0.717) is 10.8 Å². The van der Waals surface area contributed by atoms with Gasteiger partial charge in [0.25, 0.3) is 0 Å². The van der Waals surface area contributed by atoms with E-state index in [4.69, 9.17) is 16.7 Å². The maximum absolute atomic E-state index is 11.1. The van der Waals surface area contributed by atoms with Crippen LogP contribution in [0, 0.1) is 0 Å². The molecule has 0 bridgehead atoms. The third-order valence-corrected chi connectivity index (χ3v) is 2.90. The molecule has 0 amide bonds. The molecule has 0 fully saturated rings. The second-order valence-electron chi connectivity index (χ2n) is 3.96. The highest BCUT2D eigenvalue weighted by Gasteiger charge is 2.12. The summed E-state index contributed by atoms with van der Waals surface area (Å²) in [5.41, 5.74) is -0.0275. The summed E-state index contributed by atoms with van der Waals surface area (Å²) in [6, 6.07) is 8.93. The number of aromatic nitrogens is 3. The number of benzene rings is 1. The Labute approximate surface area is 113 Å². The molecule has 3 aromatic rings. The van der Waals surface area contributed by atoms with Crippen molar-refractivity contribution in [3.05, 3.63) is 53.4 Å². The number of hydrogen-bond donors (Lipinski definition) is 1. The van der Waals surface area contributed by atoms with E-state index in [1.165, 1.54) is 16.9 Å². The van der Waals surface area contributed by atoms with Gasteiger partial charge in [-0.3, -0.25) is 0 Å². The van der Waals surface area contributed by atoms with Crippen LogP contribution in [0.25, 0.3) is 16.6 Å². The quantitative estimate of drug-likeness (QED) is 0.779. The first kappa shape index (κ1) is 11.7. The van der Waals surface area contributed by atoms with Crippen molar-refractivity contribution in [3.63, 3.8) is 0 Å². The highest BCUT2D eigenvalue weighted by atomic mass is 35.5. The van der Waals surface area contributed by atoms with E-state index in [1.54, 1.807) is 6.20 Å². The van der Waals surface area contributed by atoms with Gasteiger partial charge in [-0.15, -0.1) is 0 Å². The zero-order valence-electron chi connectivity index (χ0n) is 9.62. The minimum absolute atomic E-state index is 0.0275. The number of carboxylic acids is 1. The first-order chi connectivity index (χ1) is 9.15. The van der Waals surface area contributed by atoms with Gasteiger partial charge in [0.15, 0.2) is 11.5 Å². The first-order valence-corrected chi connectivity index (χ1v) is 5.86. The normalized spacial score (nSPS) is 10.8. The Balaban J connectivity index is 2.35. The van der Waals surface area contributed by atoms with Crippen molar-refractivity contribution in [2.24, 2.45) is 0 Å². The summed E-state index contributed by atoms with van der Waals surface area (Å²) in [4.78, 5) is 15.2. The Hall–Kier alpha value is -2.40. The Kier molecular flexibility index (Phi) is 2.68. The Morgan fingerprint density at radius 2 is 2.11 bits per heavy atom. The van der Waals surface area contributed by atoms with Crippen molar-refractivity contribution in [1.82, 2.24) is 14.8 Å². The van der Waals surface area contributed by atoms with E-state index in [2.05, 4.69) is 10.1 Å². The van der Waals surface area contributed by atoms with Crippen LogP contribution in [-0.4, -0.2) is 25.8 Å². The van der Waals surface area contributed by atoms with Gasteiger partial charge in [0, 0.05) is 5.39 Å². The van der Waals surface area contributed by atoms with Crippen LogP contribution in [0.15, 0.2) is 42.7 Å². The maximum Gasteiger partial charge on any atom is 0.354 e. The van der Waals surface area contributed by atoms with Gasteiger partial charge in [-0.25, -0.2) is 14.5 Å². The fourth-order valence-corrected chi connectivity index (χ4v) is 2.02. The van der Waals surface area contributed by atoms with E-state index in [9.17, 15) is 4.79 Å². The SMILES string of the molecule is O=C(O)c1cc2ccccc2c(-n2cc(Cl)cn2)n1. The standard InChI is InChI=1S/C13H8ClN3O2/c14-9-6-15-17(7-9)12-10-4-2-1-3-8(10)5-11(16-12)13(18)19/h1-7H,(H,18,19). The Morgan fingerprint density at radius 3 is 2.79 bits per heavy atom. The predicted molar refractivity (Wildman–Crippen MR) is 70.8 cm³/mol. The van der Waals surface area contributed by atoms with Crippen molar-refractivity contribution in [3.8, 4) is 5.82 Å². The summed E-state index contributed by atoms with van der Waals surface area (Å²) in [5, 5.41) is 15.2. The Morgan fingerprint density at radius 1 is 1.32 bits per heavy atom. The molecule has 2 aromatic heterocycles. The van der Waals surface area contributed by atoms with Crippen molar-refractivity contribution in [2.75, 3.05) is 0 Å². The molecule has 0 aliphatic heterocycles. The molecule has 19 heavy (non-hydrogen) atoms. The van der Waals surface area contributed by atoms with Gasteiger partial charge in [-0.05, 0) is 11.5 Å². The molecule has 0 atom stereocenters. The predicted octanol–water partition coefficient (Wildman–Crippen LogP) is 2.77. The van der Waals surface area contributed by atoms with Crippen LogP contribution in [0.1, 0.15) is 10.5 Å². The van der Waals surface area contributed by atoms with Crippen LogP contribution < -0.4 is 0 Å². The van der Waals surface area contributed by atoms with Gasteiger partial charge >= 0.3 is 5.97 Å². The summed E-state index contributed by atoms with van der Waals surface area (Å²) in [6.45, 7) is 0. The number of carbonyl (C=O) groups is 1. The van der Waals surface area contributed by atoms with Crippen LogP contribution in [0.5, 0.6) is 0 Å². The highest BCUT2D eigenvalue weighted by Crippen LogP contribution is 2.22. The molecule has 3 rings (SSSR count). The number of halogens is 1. The lowest BCUT2D eigenvalue weighted by molar-refractivity contribution is 0.0690. The molecule has 6 heteroatoms. The number of pyridine rings is 1. The fourth-order valence-electron chi connectivity index (χ4n) is 1.88. The van der Waals surface area contributed by atoms with Crippen LogP contribution in [-0.2, 0) is 0 Å². The van der Waals surface area contributed by atoms with E-state index in [0.717, 1.165) is 10.8 Å². The molecule has 5 nitrogen and oxygen atoms in total. The molecule has 0 saturated carbocycles. The molecule has 0 saturated heterocycles. The maximum atomic E-state index is 11.1. The molecule has 0 aliphatic rings. The van der Waals surface area contributed by atoms with Crippen LogP contribution in [0.4, 0.5) is 0 Å². The smallest absolute Gasteiger partial charge is 0.354 e. The zero-order valence-corrected chi connectivity index (χ0v) is 10.4. The lowest BCUT2D eigenvalue weighted by Crippen LogP contribution is -2.06. The van der Waals surface area contributed by atoms with Crippen molar-refractivity contribution >= 4 is 28.3 Å². The summed E-state index contributed by atoms with van der Waals surface area (Å²) < 4.78 is 1.47. The van der Waals surface area contributed by atoms with Crippen molar-refractivity contribution < 1.29 is 9.90 Å².